The van der Waals surface area contributed by atoms with Crippen molar-refractivity contribution in [3.05, 3.63) is 17.9 Å². The summed E-state index contributed by atoms with van der Waals surface area (Å²) < 4.78 is 35.6. The largest absolute Gasteiger partial charge is 0.475 e. The second-order valence-electron chi connectivity index (χ2n) is 4.29. The summed E-state index contributed by atoms with van der Waals surface area (Å²) in [6, 6.07) is 2.19. The molecule has 0 unspecified atom stereocenters. The van der Waals surface area contributed by atoms with Crippen LogP contribution in [-0.2, 0) is 14.8 Å². The Labute approximate surface area is 111 Å². The van der Waals surface area contributed by atoms with Gasteiger partial charge in [-0.2, -0.15) is 0 Å². The zero-order valence-corrected chi connectivity index (χ0v) is 11.6. The number of sulfonamides is 1. The van der Waals surface area contributed by atoms with Gasteiger partial charge in [0.1, 0.15) is 0 Å². The van der Waals surface area contributed by atoms with Gasteiger partial charge in [-0.1, -0.05) is 13.8 Å². The normalized spacial score (nSPS) is 11.9. The summed E-state index contributed by atoms with van der Waals surface area (Å²) in [4.78, 5) is 10.6. The van der Waals surface area contributed by atoms with Gasteiger partial charge < -0.3 is 14.3 Å². The third-order valence-electron chi connectivity index (χ3n) is 2.05. The topological polar surface area (TPSA) is 106 Å². The molecule has 0 spiro atoms. The molecule has 0 atom stereocenters. The number of carbonyl (C=O) groups is 1. The summed E-state index contributed by atoms with van der Waals surface area (Å²) in [5.74, 6) is -1.36. The first-order valence-corrected chi connectivity index (χ1v) is 7.22. The maximum Gasteiger partial charge on any atom is 0.371 e. The first kappa shape index (κ1) is 15.7. The van der Waals surface area contributed by atoms with Crippen molar-refractivity contribution in [1.29, 1.82) is 0 Å². The fraction of sp³-hybridized carbons (Fsp3) is 0.545. The summed E-state index contributed by atoms with van der Waals surface area (Å²) in [5, 5.41) is 8.21. The van der Waals surface area contributed by atoms with Crippen molar-refractivity contribution in [1.82, 2.24) is 4.72 Å². The van der Waals surface area contributed by atoms with Gasteiger partial charge in [0, 0.05) is 13.2 Å². The van der Waals surface area contributed by atoms with E-state index in [9.17, 15) is 13.2 Å². The fourth-order valence-corrected chi connectivity index (χ4v) is 2.16. The van der Waals surface area contributed by atoms with Crippen LogP contribution in [-0.4, -0.2) is 39.3 Å². The molecule has 0 aromatic carbocycles. The molecule has 1 rings (SSSR count). The number of hydrogen-bond donors (Lipinski definition) is 2. The number of aromatic carboxylic acids is 1. The molecule has 0 aliphatic heterocycles. The highest BCUT2D eigenvalue weighted by Crippen LogP contribution is 2.13. The quantitative estimate of drug-likeness (QED) is 0.690. The first-order chi connectivity index (χ1) is 8.83. The van der Waals surface area contributed by atoms with Crippen LogP contribution in [0.5, 0.6) is 0 Å². The third kappa shape index (κ3) is 5.01. The summed E-state index contributed by atoms with van der Waals surface area (Å²) >= 11 is 0. The van der Waals surface area contributed by atoms with E-state index in [2.05, 4.69) is 4.72 Å². The Kier molecular flexibility index (Phi) is 5.52. The second-order valence-corrected chi connectivity index (χ2v) is 5.99. The van der Waals surface area contributed by atoms with E-state index in [1.54, 1.807) is 0 Å². The fourth-order valence-electron chi connectivity index (χ4n) is 1.22. The van der Waals surface area contributed by atoms with E-state index in [1.165, 1.54) is 0 Å². The predicted molar refractivity (Wildman–Crippen MR) is 66.5 cm³/mol. The van der Waals surface area contributed by atoms with Gasteiger partial charge in [-0.05, 0) is 18.1 Å². The van der Waals surface area contributed by atoms with Crippen molar-refractivity contribution in [3.63, 3.8) is 0 Å². The maximum absolute atomic E-state index is 11.7. The van der Waals surface area contributed by atoms with Crippen molar-refractivity contribution in [2.75, 3.05) is 19.8 Å². The predicted octanol–water partition coefficient (Wildman–Crippen LogP) is 0.929. The number of nitrogens with one attached hydrogen (secondary N) is 1. The smallest absolute Gasteiger partial charge is 0.371 e. The van der Waals surface area contributed by atoms with Crippen molar-refractivity contribution >= 4 is 16.0 Å². The molecule has 0 aliphatic carbocycles. The molecule has 0 bridgehead atoms. The van der Waals surface area contributed by atoms with E-state index in [0.29, 0.717) is 12.5 Å². The second kappa shape index (κ2) is 6.69. The highest BCUT2D eigenvalue weighted by Gasteiger charge is 2.20. The van der Waals surface area contributed by atoms with E-state index < -0.39 is 26.8 Å². The molecule has 1 heterocycles. The summed E-state index contributed by atoms with van der Waals surface area (Å²) in [7, 11) is -3.83. The van der Waals surface area contributed by atoms with Crippen LogP contribution < -0.4 is 4.72 Å². The number of ether oxygens (including phenoxy) is 1. The molecule has 0 saturated carbocycles. The molecule has 19 heavy (non-hydrogen) atoms. The van der Waals surface area contributed by atoms with E-state index in [1.807, 2.05) is 13.8 Å². The molecule has 0 aliphatic rings. The third-order valence-corrected chi connectivity index (χ3v) is 3.38. The Bertz CT molecular complexity index is 519. The lowest BCUT2D eigenvalue weighted by molar-refractivity contribution is 0.0656. The van der Waals surface area contributed by atoms with E-state index in [-0.39, 0.29) is 13.2 Å². The van der Waals surface area contributed by atoms with Gasteiger partial charge in [0.05, 0.1) is 6.61 Å². The van der Waals surface area contributed by atoms with Gasteiger partial charge >= 0.3 is 5.97 Å². The molecule has 0 saturated heterocycles. The minimum absolute atomic E-state index is 0.0954. The van der Waals surface area contributed by atoms with Gasteiger partial charge in [-0.15, -0.1) is 0 Å². The lowest BCUT2D eigenvalue weighted by atomic mass is 10.2. The molecule has 0 radical (unpaired) electrons. The summed E-state index contributed by atoms with van der Waals surface area (Å²) in [6.45, 7) is 4.86. The lowest BCUT2D eigenvalue weighted by Crippen LogP contribution is -2.27. The van der Waals surface area contributed by atoms with E-state index >= 15 is 0 Å². The van der Waals surface area contributed by atoms with Gasteiger partial charge in [0.15, 0.2) is 0 Å². The molecular weight excluding hydrogens is 274 g/mol. The molecule has 0 fully saturated rings. The molecule has 1 aromatic rings. The first-order valence-electron chi connectivity index (χ1n) is 5.73. The molecule has 7 nitrogen and oxygen atoms in total. The van der Waals surface area contributed by atoms with Gasteiger partial charge in [0.25, 0.3) is 10.0 Å². The van der Waals surface area contributed by atoms with Gasteiger partial charge in [0.2, 0.25) is 10.9 Å². The van der Waals surface area contributed by atoms with Crippen molar-refractivity contribution in [2.45, 2.75) is 18.9 Å². The molecule has 108 valence electrons. The average molecular weight is 291 g/mol. The van der Waals surface area contributed by atoms with Crippen LogP contribution in [0, 0.1) is 5.92 Å². The SMILES string of the molecule is CC(C)COCCNS(=O)(=O)c1ccc(C(=O)O)o1. The van der Waals surface area contributed by atoms with Crippen LogP contribution >= 0.6 is 0 Å². The molecule has 8 heteroatoms. The number of carboxylic acid groups (broad SMARTS) is 1. The number of hydrogen-bond acceptors (Lipinski definition) is 5. The van der Waals surface area contributed by atoms with Crippen LogP contribution in [0.1, 0.15) is 24.4 Å². The summed E-state index contributed by atoms with van der Waals surface area (Å²) in [5.41, 5.74) is 0. The lowest BCUT2D eigenvalue weighted by Gasteiger charge is -2.07. The monoisotopic (exact) mass is 291 g/mol. The Morgan fingerprint density at radius 2 is 2.16 bits per heavy atom. The van der Waals surface area contributed by atoms with Crippen LogP contribution in [0.2, 0.25) is 0 Å². The van der Waals surface area contributed by atoms with Crippen molar-refractivity contribution in [3.8, 4) is 0 Å². The van der Waals surface area contributed by atoms with Crippen molar-refractivity contribution in [2.24, 2.45) is 5.92 Å². The summed E-state index contributed by atoms with van der Waals surface area (Å²) in [6.07, 6.45) is 0. The van der Waals surface area contributed by atoms with Crippen LogP contribution in [0.3, 0.4) is 0 Å². The average Bonchev–Trinajstić information content (AvgIpc) is 2.77. The highest BCUT2D eigenvalue weighted by atomic mass is 32.2. The van der Waals surface area contributed by atoms with E-state index in [0.717, 1.165) is 12.1 Å². The standard InChI is InChI=1S/C11H17NO6S/c1-8(2)7-17-6-5-12-19(15,16)10-4-3-9(18-10)11(13)14/h3-4,8,12H,5-7H2,1-2H3,(H,13,14). The maximum atomic E-state index is 11.7. The number of rotatable bonds is 8. The zero-order valence-electron chi connectivity index (χ0n) is 10.8. The minimum Gasteiger partial charge on any atom is -0.475 e. The molecule has 1 aromatic heterocycles. The Morgan fingerprint density at radius 3 is 2.68 bits per heavy atom. The van der Waals surface area contributed by atoms with Crippen LogP contribution in [0.15, 0.2) is 21.6 Å². The van der Waals surface area contributed by atoms with Crippen LogP contribution in [0.25, 0.3) is 0 Å². The number of carboxylic acids is 1. The Morgan fingerprint density at radius 1 is 1.47 bits per heavy atom. The highest BCUT2D eigenvalue weighted by molar-refractivity contribution is 7.89. The van der Waals surface area contributed by atoms with Gasteiger partial charge in [-0.3, -0.25) is 0 Å². The minimum atomic E-state index is -3.83. The van der Waals surface area contributed by atoms with Crippen molar-refractivity contribution < 1.29 is 27.5 Å². The molecular formula is C11H17NO6S. The van der Waals surface area contributed by atoms with E-state index in [4.69, 9.17) is 14.3 Å². The zero-order chi connectivity index (χ0) is 14.5. The molecule has 0 amide bonds. The van der Waals surface area contributed by atoms with Crippen LogP contribution in [0.4, 0.5) is 0 Å². The van der Waals surface area contributed by atoms with Gasteiger partial charge in [-0.25, -0.2) is 17.9 Å². The Balaban J connectivity index is 2.49. The number of furan rings is 1. The Hall–Kier alpha value is -1.38. The molecule has 2 N–H and O–H groups in total.